The third-order valence-electron chi connectivity index (χ3n) is 2.90. The maximum atomic E-state index is 10.8. The number of thioether (sulfide) groups is 1. The molecule has 1 fully saturated rings. The number of carbonyl (C=O) groups is 1. The van der Waals surface area contributed by atoms with E-state index in [9.17, 15) is 4.79 Å². The van der Waals surface area contributed by atoms with Crippen molar-refractivity contribution < 1.29 is 14.3 Å². The van der Waals surface area contributed by atoms with Crippen LogP contribution in [-0.2, 0) is 22.3 Å². The second-order valence-corrected chi connectivity index (χ2v) is 5.24. The van der Waals surface area contributed by atoms with Gasteiger partial charge in [-0.2, -0.15) is 0 Å². The average molecular weight is 236 g/mol. The molecule has 84 valence electrons. The number of carbonyl (C=O) groups excluding carboxylic acids is 1. The summed E-state index contributed by atoms with van der Waals surface area (Å²) in [6.45, 7) is 0.348. The van der Waals surface area contributed by atoms with Crippen LogP contribution >= 0.6 is 11.8 Å². The van der Waals surface area contributed by atoms with Gasteiger partial charge >= 0.3 is 6.16 Å². The SMILES string of the molecule is O=C1OCC(Sc2ccc3c(c2)CCC3)O1. The number of hydrogen-bond donors (Lipinski definition) is 0. The first-order valence-electron chi connectivity index (χ1n) is 5.43. The van der Waals surface area contributed by atoms with Gasteiger partial charge in [0.25, 0.3) is 0 Å². The lowest BCUT2D eigenvalue weighted by atomic mass is 10.1. The first-order valence-corrected chi connectivity index (χ1v) is 6.31. The Morgan fingerprint density at radius 2 is 2.12 bits per heavy atom. The molecular formula is C12H12O3S. The maximum Gasteiger partial charge on any atom is 0.509 e. The molecule has 0 saturated carbocycles. The van der Waals surface area contributed by atoms with E-state index in [1.807, 2.05) is 0 Å². The van der Waals surface area contributed by atoms with E-state index in [0.29, 0.717) is 6.61 Å². The summed E-state index contributed by atoms with van der Waals surface area (Å²) in [5.41, 5.74) is 2.71. The number of fused-ring (bicyclic) bond motifs is 1. The van der Waals surface area contributed by atoms with Crippen LogP contribution in [0.2, 0.25) is 0 Å². The fourth-order valence-electron chi connectivity index (χ4n) is 2.14. The van der Waals surface area contributed by atoms with E-state index in [0.717, 1.165) is 4.90 Å². The Hall–Kier alpha value is -1.16. The van der Waals surface area contributed by atoms with Gasteiger partial charge in [0.1, 0.15) is 6.61 Å². The van der Waals surface area contributed by atoms with Gasteiger partial charge in [0.05, 0.1) is 0 Å². The predicted octanol–water partition coefficient (Wildman–Crippen LogP) is 2.76. The first kappa shape index (κ1) is 10.0. The number of aryl methyl sites for hydroxylation is 2. The molecular weight excluding hydrogens is 224 g/mol. The summed E-state index contributed by atoms with van der Waals surface area (Å²) in [6.07, 6.45) is 3.07. The zero-order valence-electron chi connectivity index (χ0n) is 8.77. The number of hydrogen-bond acceptors (Lipinski definition) is 4. The van der Waals surface area contributed by atoms with Crippen LogP contribution in [-0.4, -0.2) is 18.2 Å². The van der Waals surface area contributed by atoms with Crippen molar-refractivity contribution in [2.75, 3.05) is 6.61 Å². The van der Waals surface area contributed by atoms with E-state index in [4.69, 9.17) is 9.47 Å². The second-order valence-electron chi connectivity index (χ2n) is 4.01. The van der Waals surface area contributed by atoms with Crippen LogP contribution in [0.15, 0.2) is 23.1 Å². The summed E-state index contributed by atoms with van der Waals surface area (Å²) in [7, 11) is 0. The molecule has 1 heterocycles. The largest absolute Gasteiger partial charge is 0.509 e. The van der Waals surface area contributed by atoms with Crippen molar-refractivity contribution in [3.8, 4) is 0 Å². The second kappa shape index (κ2) is 4.01. The van der Waals surface area contributed by atoms with Crippen molar-refractivity contribution in [1.29, 1.82) is 0 Å². The molecule has 1 aromatic rings. The van der Waals surface area contributed by atoms with Crippen molar-refractivity contribution in [3.05, 3.63) is 29.3 Å². The van der Waals surface area contributed by atoms with Gasteiger partial charge in [-0.05, 0) is 42.5 Å². The van der Waals surface area contributed by atoms with Crippen LogP contribution in [0.1, 0.15) is 17.5 Å². The molecule has 3 rings (SSSR count). The smallest absolute Gasteiger partial charge is 0.429 e. The van der Waals surface area contributed by atoms with Gasteiger partial charge in [-0.1, -0.05) is 17.8 Å². The lowest BCUT2D eigenvalue weighted by molar-refractivity contribution is 0.129. The zero-order valence-corrected chi connectivity index (χ0v) is 9.59. The number of rotatable bonds is 2. The average Bonchev–Trinajstić information content (AvgIpc) is 2.87. The van der Waals surface area contributed by atoms with E-state index < -0.39 is 6.16 Å². The summed E-state index contributed by atoms with van der Waals surface area (Å²) < 4.78 is 9.73. The van der Waals surface area contributed by atoms with Crippen LogP contribution < -0.4 is 0 Å². The van der Waals surface area contributed by atoms with Crippen LogP contribution in [0.3, 0.4) is 0 Å². The van der Waals surface area contributed by atoms with Crippen LogP contribution in [0.4, 0.5) is 4.79 Å². The minimum absolute atomic E-state index is 0.188. The van der Waals surface area contributed by atoms with Crippen LogP contribution in [0.25, 0.3) is 0 Å². The van der Waals surface area contributed by atoms with Crippen molar-refractivity contribution in [2.45, 2.75) is 29.6 Å². The zero-order chi connectivity index (χ0) is 11.0. The van der Waals surface area contributed by atoms with Gasteiger partial charge in [-0.25, -0.2) is 4.79 Å². The monoisotopic (exact) mass is 236 g/mol. The van der Waals surface area contributed by atoms with Gasteiger partial charge in [-0.15, -0.1) is 0 Å². The number of cyclic esters (lactones) is 2. The maximum absolute atomic E-state index is 10.8. The lowest BCUT2D eigenvalue weighted by Gasteiger charge is -2.07. The molecule has 3 nitrogen and oxygen atoms in total. The molecule has 0 amide bonds. The summed E-state index contributed by atoms with van der Waals surface area (Å²) in [4.78, 5) is 11.9. The molecule has 1 atom stereocenters. The van der Waals surface area contributed by atoms with Crippen molar-refractivity contribution >= 4 is 17.9 Å². The molecule has 1 aliphatic heterocycles. The summed E-state index contributed by atoms with van der Waals surface area (Å²) in [5.74, 6) is 0. The Morgan fingerprint density at radius 1 is 1.25 bits per heavy atom. The summed E-state index contributed by atoms with van der Waals surface area (Å²) in [5, 5.41) is 0. The van der Waals surface area contributed by atoms with Gasteiger partial charge < -0.3 is 9.47 Å². The highest BCUT2D eigenvalue weighted by atomic mass is 32.2. The molecule has 1 aromatic carbocycles. The lowest BCUT2D eigenvalue weighted by Crippen LogP contribution is -2.03. The summed E-state index contributed by atoms with van der Waals surface area (Å²) in [6, 6.07) is 6.49. The van der Waals surface area contributed by atoms with Gasteiger partial charge in [0.15, 0.2) is 5.44 Å². The molecule has 0 bridgehead atoms. The molecule has 1 aliphatic carbocycles. The van der Waals surface area contributed by atoms with Crippen LogP contribution in [0, 0.1) is 0 Å². The fraction of sp³-hybridized carbons (Fsp3) is 0.417. The Balaban J connectivity index is 1.73. The van der Waals surface area contributed by atoms with Crippen molar-refractivity contribution in [3.63, 3.8) is 0 Å². The third-order valence-corrected chi connectivity index (χ3v) is 3.92. The quantitative estimate of drug-likeness (QED) is 0.740. The van der Waals surface area contributed by atoms with Crippen LogP contribution in [0.5, 0.6) is 0 Å². The molecule has 0 spiro atoms. The van der Waals surface area contributed by atoms with E-state index in [2.05, 4.69) is 18.2 Å². The molecule has 0 aromatic heterocycles. The molecule has 2 aliphatic rings. The van der Waals surface area contributed by atoms with E-state index >= 15 is 0 Å². The molecule has 4 heteroatoms. The van der Waals surface area contributed by atoms with Crippen molar-refractivity contribution in [2.24, 2.45) is 0 Å². The van der Waals surface area contributed by atoms with Gasteiger partial charge in [0, 0.05) is 4.90 Å². The molecule has 1 unspecified atom stereocenters. The van der Waals surface area contributed by atoms with Gasteiger partial charge in [-0.3, -0.25) is 0 Å². The molecule has 0 radical (unpaired) electrons. The number of ether oxygens (including phenoxy) is 2. The van der Waals surface area contributed by atoms with Gasteiger partial charge in [0.2, 0.25) is 0 Å². The highest BCUT2D eigenvalue weighted by Gasteiger charge is 2.26. The summed E-state index contributed by atoms with van der Waals surface area (Å²) >= 11 is 1.55. The standard InChI is InChI=1S/C12H12O3S/c13-12-14-7-11(15-12)16-10-5-4-8-2-1-3-9(8)6-10/h4-6,11H,1-3,7H2. The minimum Gasteiger partial charge on any atom is -0.429 e. The number of benzene rings is 1. The van der Waals surface area contributed by atoms with E-state index in [-0.39, 0.29) is 5.44 Å². The fourth-order valence-corrected chi connectivity index (χ4v) is 3.07. The highest BCUT2D eigenvalue weighted by molar-refractivity contribution is 7.99. The topological polar surface area (TPSA) is 35.5 Å². The Bertz CT molecular complexity index is 430. The first-order chi connectivity index (χ1) is 7.81. The normalized spacial score (nSPS) is 22.8. The Labute approximate surface area is 98.1 Å². The third kappa shape index (κ3) is 1.89. The molecule has 16 heavy (non-hydrogen) atoms. The minimum atomic E-state index is -0.557. The highest BCUT2D eigenvalue weighted by Crippen LogP contribution is 2.31. The molecule has 0 N–H and O–H groups in total. The molecule has 1 saturated heterocycles. The predicted molar refractivity (Wildman–Crippen MR) is 60.5 cm³/mol. The Morgan fingerprint density at radius 3 is 2.94 bits per heavy atom. The Kier molecular flexibility index (Phi) is 2.52. The van der Waals surface area contributed by atoms with E-state index in [1.165, 1.54) is 30.4 Å². The van der Waals surface area contributed by atoms with E-state index in [1.54, 1.807) is 11.8 Å². The van der Waals surface area contributed by atoms with Crippen molar-refractivity contribution in [1.82, 2.24) is 0 Å².